The van der Waals surface area contributed by atoms with Crippen LogP contribution < -0.4 is 5.43 Å². The first kappa shape index (κ1) is 24.5. The third-order valence-electron chi connectivity index (χ3n) is 7.00. The summed E-state index contributed by atoms with van der Waals surface area (Å²) in [7, 11) is 0. The summed E-state index contributed by atoms with van der Waals surface area (Å²) in [6.45, 7) is 4.13. The molecule has 5 amide bonds. The molecule has 10 heteroatoms. The molecule has 2 unspecified atom stereocenters. The summed E-state index contributed by atoms with van der Waals surface area (Å²) >= 11 is 0. The Morgan fingerprint density at radius 2 is 1.78 bits per heavy atom. The molecule has 0 spiro atoms. The fourth-order valence-electron chi connectivity index (χ4n) is 4.80. The van der Waals surface area contributed by atoms with Gasteiger partial charge in [0.25, 0.3) is 5.91 Å². The van der Waals surface area contributed by atoms with Crippen LogP contribution in [0.25, 0.3) is 0 Å². The maximum absolute atomic E-state index is 14.8. The van der Waals surface area contributed by atoms with Gasteiger partial charge in [-0.3, -0.25) is 24.0 Å². The summed E-state index contributed by atoms with van der Waals surface area (Å²) in [6.07, 6.45) is 8.70. The number of carbonyl (C=O) groups excluding carboxylic acids is 5. The number of amides is 5. The molecule has 37 heavy (non-hydrogen) atoms. The van der Waals surface area contributed by atoms with Crippen LogP contribution in [0.4, 0.5) is 4.39 Å². The Labute approximate surface area is 212 Å². The summed E-state index contributed by atoms with van der Waals surface area (Å²) in [5.41, 5.74) is 3.40. The van der Waals surface area contributed by atoms with Gasteiger partial charge in [0.15, 0.2) is 0 Å². The van der Waals surface area contributed by atoms with Gasteiger partial charge in [0.05, 0.1) is 23.1 Å². The molecule has 0 bridgehead atoms. The van der Waals surface area contributed by atoms with Gasteiger partial charge in [-0.15, -0.1) is 0 Å². The van der Waals surface area contributed by atoms with Crippen molar-refractivity contribution < 1.29 is 28.4 Å². The molecular weight excluding hydrogens is 479 g/mol. The van der Waals surface area contributed by atoms with Gasteiger partial charge in [-0.25, -0.2) is 14.7 Å². The van der Waals surface area contributed by atoms with Gasteiger partial charge in [0, 0.05) is 31.8 Å². The lowest BCUT2D eigenvalue weighted by Gasteiger charge is -2.20. The summed E-state index contributed by atoms with van der Waals surface area (Å²) in [6, 6.07) is 3.82. The second-order valence-corrected chi connectivity index (χ2v) is 9.65. The third-order valence-corrected chi connectivity index (χ3v) is 7.00. The van der Waals surface area contributed by atoms with Crippen molar-refractivity contribution in [1.29, 1.82) is 0 Å². The van der Waals surface area contributed by atoms with Crippen molar-refractivity contribution in [2.75, 3.05) is 13.1 Å². The number of carbonyl (C=O) groups is 5. The first-order valence-corrected chi connectivity index (χ1v) is 12.1. The molecule has 0 radical (unpaired) electrons. The molecule has 1 aliphatic carbocycles. The van der Waals surface area contributed by atoms with Gasteiger partial charge < -0.3 is 4.90 Å². The largest absolute Gasteiger partial charge is 0.341 e. The zero-order valence-electron chi connectivity index (χ0n) is 20.0. The van der Waals surface area contributed by atoms with Crippen LogP contribution in [0.5, 0.6) is 0 Å². The Morgan fingerprint density at radius 3 is 2.46 bits per heavy atom. The average Bonchev–Trinajstić information content (AvgIpc) is 3.58. The molecule has 1 saturated carbocycles. The molecule has 3 aliphatic heterocycles. The highest BCUT2D eigenvalue weighted by Gasteiger charge is 2.56. The van der Waals surface area contributed by atoms with Crippen molar-refractivity contribution in [3.8, 4) is 0 Å². The van der Waals surface area contributed by atoms with Crippen LogP contribution in [0.2, 0.25) is 0 Å². The topological polar surface area (TPSA) is 116 Å². The number of hydrogen-bond donors (Lipinski definition) is 1. The number of imide groups is 3. The minimum Gasteiger partial charge on any atom is -0.341 e. The molecule has 0 aromatic heterocycles. The van der Waals surface area contributed by atoms with Gasteiger partial charge in [-0.1, -0.05) is 36.9 Å². The predicted octanol–water partition coefficient (Wildman–Crippen LogP) is 1.91. The van der Waals surface area contributed by atoms with Crippen LogP contribution in [0.1, 0.15) is 35.2 Å². The first-order chi connectivity index (χ1) is 17.7. The van der Waals surface area contributed by atoms with Gasteiger partial charge >= 0.3 is 0 Å². The van der Waals surface area contributed by atoms with E-state index in [2.05, 4.69) is 17.1 Å². The van der Waals surface area contributed by atoms with Crippen molar-refractivity contribution in [3.05, 3.63) is 71.6 Å². The maximum atomic E-state index is 14.8. The maximum Gasteiger partial charge on any atom is 0.270 e. The summed E-state index contributed by atoms with van der Waals surface area (Å²) < 4.78 is 14.8. The Hall–Kier alpha value is -4.21. The van der Waals surface area contributed by atoms with Crippen molar-refractivity contribution in [2.24, 2.45) is 22.9 Å². The number of hydrazone groups is 1. The molecule has 4 aliphatic rings. The lowest BCUT2D eigenvalue weighted by Crippen LogP contribution is -2.42. The average molecular weight is 505 g/mol. The van der Waals surface area contributed by atoms with Gasteiger partial charge in [0.2, 0.25) is 23.6 Å². The van der Waals surface area contributed by atoms with Gasteiger partial charge in [-0.2, -0.15) is 5.10 Å². The van der Waals surface area contributed by atoms with Crippen LogP contribution in [-0.4, -0.2) is 58.1 Å². The molecule has 9 nitrogen and oxygen atoms in total. The van der Waals surface area contributed by atoms with E-state index in [0.29, 0.717) is 21.7 Å². The Morgan fingerprint density at radius 1 is 1.08 bits per heavy atom. The Kier molecular flexibility index (Phi) is 6.41. The van der Waals surface area contributed by atoms with E-state index in [9.17, 15) is 28.4 Å². The second kappa shape index (κ2) is 9.68. The highest BCUT2D eigenvalue weighted by Crippen LogP contribution is 2.38. The number of rotatable bonds is 4. The molecule has 3 fully saturated rings. The number of nitrogens with one attached hydrogen (secondary N) is 1. The predicted molar refractivity (Wildman–Crippen MR) is 130 cm³/mol. The summed E-state index contributed by atoms with van der Waals surface area (Å²) in [4.78, 5) is 65.6. The van der Waals surface area contributed by atoms with E-state index in [1.807, 2.05) is 0 Å². The van der Waals surface area contributed by atoms with Crippen LogP contribution in [0.3, 0.4) is 0 Å². The molecule has 1 N–H and O–H groups in total. The van der Waals surface area contributed by atoms with Crippen molar-refractivity contribution >= 4 is 35.2 Å². The molecular formula is C27H25FN4O5. The standard InChI is InChI=1S/C27H25FN4O5/c1-15-5-3-2-4-6-23(33)30-29-22(15)12-16-7-10-21(28)18(11-16)25(35)32-26(36)19-13-31(14-20(19)27(32)37)24(34)17-8-9-17/h2-5,7,10-11,17,19-20H,1,6,8-9,12-14H2,(H,30,33)/b4-2-,5-3-,29-22?. The number of nitrogens with zero attached hydrogens (tertiary/aromatic N) is 3. The molecule has 2 atom stereocenters. The highest BCUT2D eigenvalue weighted by atomic mass is 19.1. The van der Waals surface area contributed by atoms with E-state index in [1.54, 1.807) is 24.3 Å². The SMILES string of the molecule is C=C1/C=C\C=C/CC(=O)NN=C1Cc1ccc(F)c(C(=O)N2C(=O)C3CN(C(=O)C4CC4)CC3C2=O)c1. The zero-order valence-corrected chi connectivity index (χ0v) is 20.0. The second-order valence-electron chi connectivity index (χ2n) is 9.65. The number of fused-ring (bicyclic) bond motifs is 1. The minimum absolute atomic E-state index is 0.0359. The van der Waals surface area contributed by atoms with E-state index in [1.165, 1.54) is 17.0 Å². The van der Waals surface area contributed by atoms with Gasteiger partial charge in [-0.05, 0) is 36.1 Å². The third kappa shape index (κ3) is 4.78. The lowest BCUT2D eigenvalue weighted by atomic mass is 10.00. The van der Waals surface area contributed by atoms with E-state index in [-0.39, 0.29) is 43.7 Å². The van der Waals surface area contributed by atoms with Crippen LogP contribution in [-0.2, 0) is 25.6 Å². The number of benzene rings is 1. The fraction of sp³-hybridized carbons (Fsp3) is 0.333. The lowest BCUT2D eigenvalue weighted by molar-refractivity contribution is -0.138. The molecule has 1 aromatic rings. The highest BCUT2D eigenvalue weighted by molar-refractivity contribution is 6.21. The monoisotopic (exact) mass is 504 g/mol. The number of halogens is 1. The van der Waals surface area contributed by atoms with Crippen LogP contribution in [0, 0.1) is 23.6 Å². The zero-order chi connectivity index (χ0) is 26.3. The van der Waals surface area contributed by atoms with Crippen LogP contribution in [0.15, 0.2) is 59.8 Å². The van der Waals surface area contributed by atoms with E-state index in [0.717, 1.165) is 18.9 Å². The van der Waals surface area contributed by atoms with Crippen molar-refractivity contribution in [3.63, 3.8) is 0 Å². The quantitative estimate of drug-likeness (QED) is 0.629. The summed E-state index contributed by atoms with van der Waals surface area (Å²) in [5, 5.41) is 4.12. The Bertz CT molecular complexity index is 1300. The van der Waals surface area contributed by atoms with Crippen molar-refractivity contribution in [2.45, 2.75) is 25.7 Å². The van der Waals surface area contributed by atoms with Crippen LogP contribution >= 0.6 is 0 Å². The first-order valence-electron chi connectivity index (χ1n) is 12.1. The molecule has 3 heterocycles. The minimum atomic E-state index is -1.03. The number of likely N-dealkylation sites (tertiary alicyclic amines) is 2. The molecule has 2 saturated heterocycles. The molecule has 190 valence electrons. The summed E-state index contributed by atoms with van der Waals surface area (Å²) in [5.74, 6) is -5.32. The van der Waals surface area contributed by atoms with E-state index < -0.39 is 40.9 Å². The molecule has 1 aromatic carbocycles. The molecule has 5 rings (SSSR count). The van der Waals surface area contributed by atoms with Gasteiger partial charge in [0.1, 0.15) is 5.82 Å². The normalized spacial score (nSPS) is 25.5. The van der Waals surface area contributed by atoms with Crippen molar-refractivity contribution in [1.82, 2.24) is 15.2 Å². The Balaban J connectivity index is 1.35. The fourth-order valence-corrected chi connectivity index (χ4v) is 4.80. The number of hydrogen-bond acceptors (Lipinski definition) is 6. The van der Waals surface area contributed by atoms with E-state index in [4.69, 9.17) is 0 Å². The van der Waals surface area contributed by atoms with E-state index >= 15 is 0 Å². The number of allylic oxidation sites excluding steroid dienone is 4. The smallest absolute Gasteiger partial charge is 0.270 e.